The summed E-state index contributed by atoms with van der Waals surface area (Å²) in [5.74, 6) is 0. The average Bonchev–Trinajstić information content (AvgIpc) is 2.70. The van der Waals surface area contributed by atoms with Crippen LogP contribution in [-0.4, -0.2) is 12.9 Å². The Bertz CT molecular complexity index is 714. The Labute approximate surface area is 149 Å². The van der Waals surface area contributed by atoms with Crippen molar-refractivity contribution in [2.75, 3.05) is 0 Å². The first-order valence-corrected chi connectivity index (χ1v) is 33.1. The van der Waals surface area contributed by atoms with Crippen LogP contribution in [0.5, 0.6) is 0 Å². The van der Waals surface area contributed by atoms with Crippen molar-refractivity contribution < 1.29 is 17.8 Å². The SMILES string of the molecule is CC1=Cc2c(cccc2C(C)(C)C)[CH]1[Hf]([SiH3])([CH]1CCC1)=[Si](C)C. The van der Waals surface area contributed by atoms with Crippen molar-refractivity contribution in [1.29, 1.82) is 0 Å². The van der Waals surface area contributed by atoms with Crippen molar-refractivity contribution in [3.05, 3.63) is 40.5 Å². The first kappa shape index (κ1) is 18.1. The van der Waals surface area contributed by atoms with Crippen LogP contribution < -0.4 is 0 Å². The van der Waals surface area contributed by atoms with Crippen LogP contribution in [0.1, 0.15) is 67.3 Å². The second kappa shape index (κ2) is 6.21. The Kier molecular flexibility index (Phi) is 4.88. The Morgan fingerprint density at radius 1 is 1.17 bits per heavy atom. The second-order valence-electron chi connectivity index (χ2n) is 9.29. The van der Waals surface area contributed by atoms with Gasteiger partial charge >= 0.3 is 150 Å². The fourth-order valence-electron chi connectivity index (χ4n) is 4.94. The van der Waals surface area contributed by atoms with E-state index < -0.39 is 17.8 Å². The summed E-state index contributed by atoms with van der Waals surface area (Å²) in [6.45, 7) is 14.9. The van der Waals surface area contributed by atoms with Gasteiger partial charge in [-0.25, -0.2) is 0 Å². The minimum atomic E-state index is -2.19. The third kappa shape index (κ3) is 2.89. The second-order valence-corrected chi connectivity index (χ2v) is 66.8. The Morgan fingerprint density at radius 2 is 1.83 bits per heavy atom. The van der Waals surface area contributed by atoms with Gasteiger partial charge in [0.05, 0.1) is 0 Å². The molecule has 1 fully saturated rings. The van der Waals surface area contributed by atoms with Gasteiger partial charge in [-0.2, -0.15) is 0 Å². The number of hydrogen-bond acceptors (Lipinski definition) is 0. The summed E-state index contributed by atoms with van der Waals surface area (Å²) in [6.07, 6.45) is 7.28. The first-order chi connectivity index (χ1) is 10.7. The maximum atomic E-state index is 2.68. The first-order valence-electron chi connectivity index (χ1n) is 9.29. The Hall–Kier alpha value is 0.264. The van der Waals surface area contributed by atoms with Crippen LogP contribution in [0.4, 0.5) is 0 Å². The van der Waals surface area contributed by atoms with Crippen molar-refractivity contribution in [2.45, 2.75) is 72.8 Å². The molecule has 125 valence electrons. The zero-order chi connectivity index (χ0) is 17.0. The van der Waals surface area contributed by atoms with Crippen LogP contribution in [-0.2, 0) is 23.2 Å². The van der Waals surface area contributed by atoms with Crippen LogP contribution >= 0.6 is 0 Å². The fourth-order valence-corrected chi connectivity index (χ4v) is 52.2. The van der Waals surface area contributed by atoms with Gasteiger partial charge in [0.1, 0.15) is 0 Å². The van der Waals surface area contributed by atoms with E-state index in [-0.39, 0.29) is 10.9 Å². The van der Waals surface area contributed by atoms with E-state index in [0.717, 1.165) is 3.67 Å². The zero-order valence-corrected chi connectivity index (χ0v) is 22.7. The van der Waals surface area contributed by atoms with Crippen molar-refractivity contribution in [2.24, 2.45) is 0 Å². The van der Waals surface area contributed by atoms with Gasteiger partial charge < -0.3 is 0 Å². The molecule has 0 nitrogen and oxygen atoms in total. The van der Waals surface area contributed by atoms with E-state index in [4.69, 9.17) is 0 Å². The Morgan fingerprint density at radius 3 is 2.30 bits per heavy atom. The molecular formula is C20H33HfSi2. The van der Waals surface area contributed by atoms with Crippen molar-refractivity contribution in [1.82, 2.24) is 0 Å². The third-order valence-corrected chi connectivity index (χ3v) is 89.0. The molecular weight excluding hydrogens is 475 g/mol. The van der Waals surface area contributed by atoms with Gasteiger partial charge in [0.25, 0.3) is 0 Å². The molecule has 1 aromatic rings. The van der Waals surface area contributed by atoms with Crippen LogP contribution in [0.15, 0.2) is 23.8 Å². The Balaban J connectivity index is 2.20. The van der Waals surface area contributed by atoms with Crippen molar-refractivity contribution >= 4 is 19.0 Å². The van der Waals surface area contributed by atoms with Gasteiger partial charge in [0, 0.05) is 0 Å². The van der Waals surface area contributed by atoms with Crippen molar-refractivity contribution in [3.8, 4) is 0 Å². The maximum absolute atomic E-state index is 2.68. The summed E-state index contributed by atoms with van der Waals surface area (Å²) in [5.41, 5.74) is 6.85. The molecule has 0 amide bonds. The number of rotatable bonds is 2. The van der Waals surface area contributed by atoms with Gasteiger partial charge in [-0.1, -0.05) is 0 Å². The van der Waals surface area contributed by atoms with E-state index in [9.17, 15) is 0 Å². The molecule has 23 heavy (non-hydrogen) atoms. The van der Waals surface area contributed by atoms with Crippen molar-refractivity contribution in [3.63, 3.8) is 0 Å². The molecule has 3 heteroatoms. The third-order valence-electron chi connectivity index (χ3n) is 6.72. The molecule has 1 saturated carbocycles. The van der Waals surface area contributed by atoms with Gasteiger partial charge in [-0.05, 0) is 0 Å². The topological polar surface area (TPSA) is 0 Å². The quantitative estimate of drug-likeness (QED) is 0.488. The number of benzene rings is 1. The van der Waals surface area contributed by atoms with E-state index in [1.165, 1.54) is 10.1 Å². The van der Waals surface area contributed by atoms with E-state index in [2.05, 4.69) is 65.1 Å². The minimum absolute atomic E-state index is 0.0932. The summed E-state index contributed by atoms with van der Waals surface area (Å²) >= 11 is -2.19. The molecule has 0 spiro atoms. The summed E-state index contributed by atoms with van der Waals surface area (Å²) in [6, 6.07) is 7.23. The number of hydrogen-bond donors (Lipinski definition) is 0. The summed E-state index contributed by atoms with van der Waals surface area (Å²) < 4.78 is 2.15. The van der Waals surface area contributed by atoms with Gasteiger partial charge in [-0.3, -0.25) is 0 Å². The monoisotopic (exact) mass is 509 g/mol. The van der Waals surface area contributed by atoms with Gasteiger partial charge in [0.2, 0.25) is 0 Å². The van der Waals surface area contributed by atoms with E-state index in [1.54, 1.807) is 42.5 Å². The predicted octanol–water partition coefficient (Wildman–Crippen LogP) is 5.10. The molecule has 0 saturated heterocycles. The van der Waals surface area contributed by atoms with Gasteiger partial charge in [0.15, 0.2) is 0 Å². The molecule has 2 unspecified atom stereocenters. The molecule has 0 aliphatic heterocycles. The fraction of sp³-hybridized carbons (Fsp3) is 0.600. The molecule has 0 aromatic heterocycles. The standard InChI is InChI=1S/C14H17.C4H7.C2H6Si.Hf.H3Si/c1-10-8-11-6-5-7-13(12(11)9-10)14(2,3)4;1-2-4-3-1;1-3-2;;/h5-9H,1-4H3;1H,2-4H2;1-2H3;;1H3. The zero-order valence-electron chi connectivity index (χ0n) is 16.1. The van der Waals surface area contributed by atoms with E-state index in [1.807, 2.05) is 0 Å². The molecule has 2 atom stereocenters. The van der Waals surface area contributed by atoms with Crippen LogP contribution in [0.2, 0.25) is 16.8 Å². The molecule has 1 aromatic carbocycles. The number of fused-ring (bicyclic) bond motifs is 1. The predicted molar refractivity (Wildman–Crippen MR) is 107 cm³/mol. The van der Waals surface area contributed by atoms with Crippen LogP contribution in [0.25, 0.3) is 6.08 Å². The molecule has 2 aliphatic rings. The summed E-state index contributed by atoms with van der Waals surface area (Å²) in [7, 11) is 1.56. The number of allylic oxidation sites excluding steroid dienone is 1. The molecule has 0 N–H and O–H groups in total. The van der Waals surface area contributed by atoms with E-state index in [0.29, 0.717) is 0 Å². The molecule has 3 rings (SSSR count). The molecule has 2 aliphatic carbocycles. The van der Waals surface area contributed by atoms with E-state index >= 15 is 0 Å². The average molecular weight is 508 g/mol. The molecule has 0 bridgehead atoms. The van der Waals surface area contributed by atoms with Crippen LogP contribution in [0.3, 0.4) is 0 Å². The molecule has 0 radical (unpaired) electrons. The van der Waals surface area contributed by atoms with Crippen LogP contribution in [0, 0.1) is 0 Å². The summed E-state index contributed by atoms with van der Waals surface area (Å²) in [4.78, 5) is 0. The normalized spacial score (nSPS) is 23.9. The summed E-state index contributed by atoms with van der Waals surface area (Å²) in [5, 5.41) is 0. The van der Waals surface area contributed by atoms with Gasteiger partial charge in [-0.15, -0.1) is 0 Å². The molecule has 0 heterocycles.